The van der Waals surface area contributed by atoms with Gasteiger partial charge in [0.25, 0.3) is 11.7 Å². The van der Waals surface area contributed by atoms with Gasteiger partial charge < -0.3 is 15.0 Å². The van der Waals surface area contributed by atoms with Crippen LogP contribution in [0.5, 0.6) is 0 Å². The maximum atomic E-state index is 13.1. The van der Waals surface area contributed by atoms with Crippen LogP contribution in [-0.2, 0) is 9.53 Å². The van der Waals surface area contributed by atoms with E-state index in [0.717, 1.165) is 11.1 Å². The minimum Gasteiger partial charge on any atom is -0.462 e. The second-order valence-corrected chi connectivity index (χ2v) is 7.06. The van der Waals surface area contributed by atoms with E-state index in [2.05, 4.69) is 10.3 Å². The molecule has 0 aliphatic rings. The third-order valence-electron chi connectivity index (χ3n) is 4.80. The minimum absolute atomic E-state index is 0.0598. The highest BCUT2D eigenvalue weighted by Crippen LogP contribution is 2.31. The lowest BCUT2D eigenvalue weighted by atomic mass is 9.98. The molecule has 0 radical (unpaired) electrons. The highest BCUT2D eigenvalue weighted by Gasteiger charge is 2.29. The second kappa shape index (κ2) is 8.78. The molecule has 2 aromatic carbocycles. The summed E-state index contributed by atoms with van der Waals surface area (Å²) in [7, 11) is 0. The first-order chi connectivity index (χ1) is 14.3. The maximum absolute atomic E-state index is 13.1. The number of hydrogen-bond donors (Lipinski definition) is 2. The molecule has 0 unspecified atom stereocenters. The molecule has 0 aliphatic carbocycles. The van der Waals surface area contributed by atoms with Crippen LogP contribution in [-0.4, -0.2) is 29.3 Å². The molecule has 3 aromatic rings. The van der Waals surface area contributed by atoms with Crippen molar-refractivity contribution in [3.63, 3.8) is 0 Å². The van der Waals surface area contributed by atoms with Crippen LogP contribution < -0.4 is 5.32 Å². The van der Waals surface area contributed by atoms with Gasteiger partial charge in [0.1, 0.15) is 5.69 Å². The van der Waals surface area contributed by atoms with E-state index in [1.807, 2.05) is 38.1 Å². The van der Waals surface area contributed by atoms with Gasteiger partial charge in [-0.2, -0.15) is 0 Å². The van der Waals surface area contributed by atoms with Crippen molar-refractivity contribution in [2.45, 2.75) is 27.7 Å². The lowest BCUT2D eigenvalue weighted by Gasteiger charge is -2.10. The first-order valence-corrected chi connectivity index (χ1v) is 9.71. The molecular weight excluding hydrogens is 380 g/mol. The molecule has 1 aromatic heterocycles. The fourth-order valence-electron chi connectivity index (χ4n) is 3.31. The van der Waals surface area contributed by atoms with Crippen molar-refractivity contribution in [1.82, 2.24) is 4.98 Å². The Labute approximate surface area is 175 Å². The molecular formula is C24H24N2O4. The zero-order valence-corrected chi connectivity index (χ0v) is 17.5. The van der Waals surface area contributed by atoms with E-state index in [4.69, 9.17) is 4.74 Å². The fourth-order valence-corrected chi connectivity index (χ4v) is 3.31. The molecule has 6 heteroatoms. The number of rotatable bonds is 6. The molecule has 0 atom stereocenters. The van der Waals surface area contributed by atoms with Crippen LogP contribution in [0, 0.1) is 20.8 Å². The summed E-state index contributed by atoms with van der Waals surface area (Å²) in [6.45, 7) is 7.36. The normalized spacial score (nSPS) is 10.5. The van der Waals surface area contributed by atoms with E-state index in [0.29, 0.717) is 22.5 Å². The molecule has 1 amide bonds. The number of aryl methyl sites for hydroxylation is 3. The molecule has 3 rings (SSSR count). The standard InChI is InChI=1S/C24H24N2O4/c1-5-30-24(29)19-16(4)25-21(20(19)17-9-7-6-8-10-17)22(27)23(28)26-18-13-14(2)11-12-15(18)3/h6-13,25H,5H2,1-4H3,(H,26,28). The van der Waals surface area contributed by atoms with Crippen LogP contribution in [0.3, 0.4) is 0 Å². The molecule has 0 fully saturated rings. The number of nitrogens with one attached hydrogen (secondary N) is 2. The Balaban J connectivity index is 2.05. The number of aromatic nitrogens is 1. The lowest BCUT2D eigenvalue weighted by Crippen LogP contribution is -2.24. The summed E-state index contributed by atoms with van der Waals surface area (Å²) in [5.41, 5.74) is 4.18. The number of esters is 1. The molecule has 0 aliphatic heterocycles. The Hall–Kier alpha value is -3.67. The van der Waals surface area contributed by atoms with Gasteiger partial charge in [0.05, 0.1) is 12.2 Å². The topological polar surface area (TPSA) is 88.3 Å². The van der Waals surface area contributed by atoms with Gasteiger partial charge in [-0.25, -0.2) is 4.79 Å². The SMILES string of the molecule is CCOC(=O)c1c(C)[nH]c(C(=O)C(=O)Nc2cc(C)ccc2C)c1-c1ccccc1. The lowest BCUT2D eigenvalue weighted by molar-refractivity contribution is -0.112. The van der Waals surface area contributed by atoms with E-state index in [1.54, 1.807) is 38.1 Å². The molecule has 30 heavy (non-hydrogen) atoms. The number of carbonyl (C=O) groups is 3. The number of benzene rings is 2. The number of H-pyrrole nitrogens is 1. The number of Topliss-reactive ketones (excluding diaryl/α,β-unsaturated/α-hetero) is 1. The Bertz CT molecular complexity index is 1110. The van der Waals surface area contributed by atoms with Crippen molar-refractivity contribution in [2.24, 2.45) is 0 Å². The Morgan fingerprint density at radius 1 is 1.00 bits per heavy atom. The number of ketones is 1. The fraction of sp³-hybridized carbons (Fsp3) is 0.208. The van der Waals surface area contributed by atoms with Crippen molar-refractivity contribution < 1.29 is 19.1 Å². The van der Waals surface area contributed by atoms with Crippen LogP contribution in [0.15, 0.2) is 48.5 Å². The van der Waals surface area contributed by atoms with Gasteiger partial charge in [0, 0.05) is 16.9 Å². The van der Waals surface area contributed by atoms with Crippen LogP contribution in [0.25, 0.3) is 11.1 Å². The van der Waals surface area contributed by atoms with Gasteiger partial charge in [0.2, 0.25) is 0 Å². The highest BCUT2D eigenvalue weighted by molar-refractivity contribution is 6.47. The molecule has 0 spiro atoms. The van der Waals surface area contributed by atoms with Crippen LogP contribution >= 0.6 is 0 Å². The predicted molar refractivity (Wildman–Crippen MR) is 116 cm³/mol. The maximum Gasteiger partial charge on any atom is 0.340 e. The third-order valence-corrected chi connectivity index (χ3v) is 4.80. The Morgan fingerprint density at radius 3 is 2.37 bits per heavy atom. The first-order valence-electron chi connectivity index (χ1n) is 9.71. The third kappa shape index (κ3) is 4.17. The molecule has 1 heterocycles. The summed E-state index contributed by atoms with van der Waals surface area (Å²) in [6.07, 6.45) is 0. The van der Waals surface area contributed by atoms with E-state index in [9.17, 15) is 14.4 Å². The van der Waals surface area contributed by atoms with E-state index in [-0.39, 0.29) is 17.9 Å². The van der Waals surface area contributed by atoms with Crippen molar-refractivity contribution in [2.75, 3.05) is 11.9 Å². The number of ether oxygens (including phenoxy) is 1. The molecule has 0 bridgehead atoms. The summed E-state index contributed by atoms with van der Waals surface area (Å²) >= 11 is 0. The molecule has 2 N–H and O–H groups in total. The van der Waals surface area contributed by atoms with Gasteiger partial charge in [-0.15, -0.1) is 0 Å². The summed E-state index contributed by atoms with van der Waals surface area (Å²) in [5, 5.41) is 2.69. The predicted octanol–water partition coefficient (Wildman–Crippen LogP) is 4.61. The van der Waals surface area contributed by atoms with Crippen LogP contribution in [0.2, 0.25) is 0 Å². The largest absolute Gasteiger partial charge is 0.462 e. The van der Waals surface area contributed by atoms with Gasteiger partial charge in [0.15, 0.2) is 0 Å². The van der Waals surface area contributed by atoms with Crippen molar-refractivity contribution >= 4 is 23.3 Å². The van der Waals surface area contributed by atoms with Crippen molar-refractivity contribution in [3.05, 3.63) is 76.6 Å². The smallest absolute Gasteiger partial charge is 0.340 e. The molecule has 154 valence electrons. The number of carbonyl (C=O) groups excluding carboxylic acids is 3. The van der Waals surface area contributed by atoms with Gasteiger partial charge in [-0.1, -0.05) is 42.5 Å². The average Bonchev–Trinajstić information content (AvgIpc) is 3.08. The zero-order valence-electron chi connectivity index (χ0n) is 17.5. The number of amides is 1. The van der Waals surface area contributed by atoms with E-state index in [1.165, 1.54) is 0 Å². The summed E-state index contributed by atoms with van der Waals surface area (Å²) in [4.78, 5) is 41.4. The molecule has 0 saturated heterocycles. The van der Waals surface area contributed by atoms with Crippen LogP contribution in [0.4, 0.5) is 5.69 Å². The van der Waals surface area contributed by atoms with Gasteiger partial charge in [-0.05, 0) is 50.5 Å². The molecule has 6 nitrogen and oxygen atoms in total. The number of anilines is 1. The van der Waals surface area contributed by atoms with Gasteiger partial charge >= 0.3 is 5.97 Å². The molecule has 0 saturated carbocycles. The minimum atomic E-state index is -0.780. The Morgan fingerprint density at radius 2 is 1.70 bits per heavy atom. The monoisotopic (exact) mass is 404 g/mol. The summed E-state index contributed by atoms with van der Waals surface area (Å²) < 4.78 is 5.18. The average molecular weight is 404 g/mol. The quantitative estimate of drug-likeness (QED) is 0.357. The number of hydrogen-bond acceptors (Lipinski definition) is 4. The Kier molecular flexibility index (Phi) is 6.16. The zero-order chi connectivity index (χ0) is 21.8. The van der Waals surface area contributed by atoms with Crippen LogP contribution in [0.1, 0.15) is 44.6 Å². The second-order valence-electron chi connectivity index (χ2n) is 7.06. The summed E-state index contributed by atoms with van der Waals surface area (Å²) in [6, 6.07) is 14.6. The van der Waals surface area contributed by atoms with E-state index >= 15 is 0 Å². The number of aromatic amines is 1. The van der Waals surface area contributed by atoms with Crippen molar-refractivity contribution in [1.29, 1.82) is 0 Å². The van der Waals surface area contributed by atoms with E-state index < -0.39 is 17.7 Å². The first kappa shape index (κ1) is 21.0. The summed E-state index contributed by atoms with van der Waals surface area (Å²) in [5.74, 6) is -2.08. The van der Waals surface area contributed by atoms with Gasteiger partial charge in [-0.3, -0.25) is 9.59 Å². The highest BCUT2D eigenvalue weighted by atomic mass is 16.5. The van der Waals surface area contributed by atoms with Crippen molar-refractivity contribution in [3.8, 4) is 11.1 Å².